The average Bonchev–Trinajstić information content (AvgIpc) is 3.11. The van der Waals surface area contributed by atoms with Gasteiger partial charge in [-0.1, -0.05) is 11.6 Å². The number of nitrogens with one attached hydrogen (secondary N) is 2. The maximum Gasteiger partial charge on any atom is 0.279 e. The number of benzene rings is 1. The van der Waals surface area contributed by atoms with Crippen molar-refractivity contribution in [3.8, 4) is 11.5 Å². The number of fused-ring (bicyclic) bond motifs is 1. The van der Waals surface area contributed by atoms with Crippen LogP contribution in [0.4, 0.5) is 0 Å². The highest BCUT2D eigenvalue weighted by Gasteiger charge is 2.19. The first-order valence-corrected chi connectivity index (χ1v) is 10.3. The van der Waals surface area contributed by atoms with Crippen LogP contribution in [0.2, 0.25) is 5.02 Å². The zero-order valence-electron chi connectivity index (χ0n) is 16.1. The Balaban J connectivity index is 1.68. The number of amides is 2. The van der Waals surface area contributed by atoms with E-state index in [4.69, 9.17) is 21.1 Å². The Labute approximate surface area is 173 Å². The van der Waals surface area contributed by atoms with Crippen molar-refractivity contribution in [2.75, 3.05) is 7.11 Å². The maximum absolute atomic E-state index is 12.5. The second-order valence-corrected chi connectivity index (χ2v) is 8.37. The minimum absolute atomic E-state index is 0.0954. The highest BCUT2D eigenvalue weighted by molar-refractivity contribution is 7.14. The monoisotopic (exact) mass is 422 g/mol. The molecule has 3 rings (SSSR count). The SMILES string of the molecule is COc1cc(C(=O)NNC(=O)c2cc3c(s2)CCCC3)cc(Cl)c1OC(C)C. The van der Waals surface area contributed by atoms with E-state index in [1.165, 1.54) is 41.0 Å². The Morgan fingerprint density at radius 2 is 1.82 bits per heavy atom. The van der Waals surface area contributed by atoms with Gasteiger partial charge < -0.3 is 9.47 Å². The molecule has 6 nitrogen and oxygen atoms in total. The third-order valence-electron chi connectivity index (χ3n) is 4.36. The number of methoxy groups -OCH3 is 1. The molecule has 2 aromatic rings. The van der Waals surface area contributed by atoms with E-state index in [1.54, 1.807) is 0 Å². The average molecular weight is 423 g/mol. The van der Waals surface area contributed by atoms with Gasteiger partial charge in [0.25, 0.3) is 11.8 Å². The molecule has 0 spiro atoms. The number of aryl methyl sites for hydroxylation is 2. The van der Waals surface area contributed by atoms with Crippen LogP contribution >= 0.6 is 22.9 Å². The number of hydrogen-bond acceptors (Lipinski definition) is 5. The van der Waals surface area contributed by atoms with Gasteiger partial charge in [0.05, 0.1) is 23.1 Å². The predicted molar refractivity (Wildman–Crippen MR) is 110 cm³/mol. The van der Waals surface area contributed by atoms with Crippen LogP contribution < -0.4 is 20.3 Å². The summed E-state index contributed by atoms with van der Waals surface area (Å²) in [6.07, 6.45) is 4.24. The lowest BCUT2D eigenvalue weighted by molar-refractivity contribution is 0.0848. The molecule has 1 aromatic carbocycles. The molecule has 0 atom stereocenters. The van der Waals surface area contributed by atoms with E-state index in [1.807, 2.05) is 19.9 Å². The number of thiophene rings is 1. The Morgan fingerprint density at radius 3 is 2.50 bits per heavy atom. The number of carbonyl (C=O) groups is 2. The van der Waals surface area contributed by atoms with Gasteiger partial charge in [0.1, 0.15) is 0 Å². The minimum atomic E-state index is -0.494. The Kier molecular flexibility index (Phi) is 6.46. The number of hydrazine groups is 1. The van der Waals surface area contributed by atoms with Crippen LogP contribution in [0.1, 0.15) is 57.2 Å². The third kappa shape index (κ3) is 4.59. The van der Waals surface area contributed by atoms with Crippen LogP contribution in [0.5, 0.6) is 11.5 Å². The second-order valence-electron chi connectivity index (χ2n) is 6.83. The van der Waals surface area contributed by atoms with E-state index in [-0.39, 0.29) is 22.6 Å². The van der Waals surface area contributed by atoms with E-state index in [2.05, 4.69) is 10.9 Å². The molecule has 1 aliphatic rings. The zero-order valence-corrected chi connectivity index (χ0v) is 17.6. The third-order valence-corrected chi connectivity index (χ3v) is 5.87. The van der Waals surface area contributed by atoms with Gasteiger partial charge in [-0.2, -0.15) is 0 Å². The molecule has 8 heteroatoms. The molecule has 0 aliphatic heterocycles. The van der Waals surface area contributed by atoms with E-state index >= 15 is 0 Å². The van der Waals surface area contributed by atoms with Crippen molar-refractivity contribution in [1.29, 1.82) is 0 Å². The van der Waals surface area contributed by atoms with Crippen LogP contribution in [0.25, 0.3) is 0 Å². The smallest absolute Gasteiger partial charge is 0.279 e. The number of rotatable bonds is 5. The van der Waals surface area contributed by atoms with Gasteiger partial charge in [-0.3, -0.25) is 20.4 Å². The van der Waals surface area contributed by atoms with Gasteiger partial charge in [0.15, 0.2) is 11.5 Å². The van der Waals surface area contributed by atoms with Gasteiger partial charge in [-0.25, -0.2) is 0 Å². The quantitative estimate of drug-likeness (QED) is 0.709. The summed E-state index contributed by atoms with van der Waals surface area (Å²) in [5, 5.41) is 0.260. The normalized spacial score (nSPS) is 13.0. The van der Waals surface area contributed by atoms with E-state index in [9.17, 15) is 9.59 Å². The fourth-order valence-electron chi connectivity index (χ4n) is 3.05. The molecule has 0 saturated carbocycles. The second kappa shape index (κ2) is 8.84. The summed E-state index contributed by atoms with van der Waals surface area (Å²) in [4.78, 5) is 26.7. The maximum atomic E-state index is 12.5. The summed E-state index contributed by atoms with van der Waals surface area (Å²) >= 11 is 7.73. The van der Waals surface area contributed by atoms with Gasteiger partial charge in [-0.05, 0) is 63.3 Å². The molecule has 1 aliphatic carbocycles. The Hall–Kier alpha value is -2.25. The highest BCUT2D eigenvalue weighted by Crippen LogP contribution is 2.37. The molecule has 0 bridgehead atoms. The summed E-state index contributed by atoms with van der Waals surface area (Å²) in [5.74, 6) is -0.0935. The highest BCUT2D eigenvalue weighted by atomic mass is 35.5. The molecule has 150 valence electrons. The fraction of sp³-hybridized carbons (Fsp3) is 0.400. The predicted octanol–water partition coefficient (Wildman–Crippen LogP) is 4.15. The number of ether oxygens (including phenoxy) is 2. The van der Waals surface area contributed by atoms with Gasteiger partial charge in [0.2, 0.25) is 0 Å². The Morgan fingerprint density at radius 1 is 1.11 bits per heavy atom. The summed E-state index contributed by atoms with van der Waals surface area (Å²) in [7, 11) is 1.47. The molecule has 0 radical (unpaired) electrons. The molecular formula is C20H23ClN2O4S. The molecule has 1 aromatic heterocycles. The zero-order chi connectivity index (χ0) is 20.3. The first-order chi connectivity index (χ1) is 13.4. The lowest BCUT2D eigenvalue weighted by Crippen LogP contribution is -2.41. The molecule has 0 fully saturated rings. The van der Waals surface area contributed by atoms with Crippen molar-refractivity contribution < 1.29 is 19.1 Å². The van der Waals surface area contributed by atoms with Crippen molar-refractivity contribution in [2.45, 2.75) is 45.6 Å². The van der Waals surface area contributed by atoms with Crippen molar-refractivity contribution in [3.05, 3.63) is 44.1 Å². The molecule has 28 heavy (non-hydrogen) atoms. The molecular weight excluding hydrogens is 400 g/mol. The minimum Gasteiger partial charge on any atom is -0.493 e. The van der Waals surface area contributed by atoms with Crippen molar-refractivity contribution >= 4 is 34.8 Å². The summed E-state index contributed by atoms with van der Waals surface area (Å²) < 4.78 is 10.9. The Bertz CT molecular complexity index is 871. The first-order valence-electron chi connectivity index (χ1n) is 9.15. The van der Waals surface area contributed by atoms with Gasteiger partial charge >= 0.3 is 0 Å². The summed E-state index contributed by atoms with van der Waals surface area (Å²) in [6.45, 7) is 3.74. The van der Waals surface area contributed by atoms with Crippen molar-refractivity contribution in [3.63, 3.8) is 0 Å². The summed E-state index contributed by atoms with van der Waals surface area (Å²) in [5.41, 5.74) is 6.39. The summed E-state index contributed by atoms with van der Waals surface area (Å²) in [6, 6.07) is 4.92. The van der Waals surface area contributed by atoms with E-state index in [0.29, 0.717) is 16.4 Å². The van der Waals surface area contributed by atoms with Crippen molar-refractivity contribution in [2.24, 2.45) is 0 Å². The van der Waals surface area contributed by atoms with E-state index < -0.39 is 5.91 Å². The van der Waals surface area contributed by atoms with Crippen LogP contribution in [-0.2, 0) is 12.8 Å². The molecule has 0 saturated heterocycles. The van der Waals surface area contributed by atoms with Crippen LogP contribution in [0.15, 0.2) is 18.2 Å². The molecule has 0 unspecified atom stereocenters. The lowest BCUT2D eigenvalue weighted by atomic mass is 9.99. The molecule has 1 heterocycles. The standard InChI is InChI=1S/C20H23ClN2O4S/c1-11(2)27-18-14(21)8-13(9-15(18)26-3)19(24)22-23-20(25)17-10-12-6-4-5-7-16(12)28-17/h8-11H,4-7H2,1-3H3,(H,22,24)(H,23,25). The van der Waals surface area contributed by atoms with Gasteiger partial charge in [0, 0.05) is 10.4 Å². The van der Waals surface area contributed by atoms with Gasteiger partial charge in [-0.15, -0.1) is 11.3 Å². The first kappa shape index (κ1) is 20.5. The van der Waals surface area contributed by atoms with Crippen LogP contribution in [0, 0.1) is 0 Å². The number of halogens is 1. The van der Waals surface area contributed by atoms with Crippen LogP contribution in [0.3, 0.4) is 0 Å². The molecule has 2 amide bonds. The van der Waals surface area contributed by atoms with E-state index in [0.717, 1.165) is 25.7 Å². The number of hydrogen-bond donors (Lipinski definition) is 2. The lowest BCUT2D eigenvalue weighted by Gasteiger charge is -2.16. The topological polar surface area (TPSA) is 76.7 Å². The fourth-order valence-corrected chi connectivity index (χ4v) is 4.45. The van der Waals surface area contributed by atoms with Crippen LogP contribution in [-0.4, -0.2) is 25.0 Å². The number of carbonyl (C=O) groups excluding carboxylic acids is 2. The largest absolute Gasteiger partial charge is 0.493 e. The van der Waals surface area contributed by atoms with Crippen molar-refractivity contribution in [1.82, 2.24) is 10.9 Å². The molecule has 2 N–H and O–H groups in total.